The van der Waals surface area contributed by atoms with E-state index in [0.717, 1.165) is 57.4 Å². The molecule has 7 heteroatoms. The molecule has 0 atom stereocenters. The van der Waals surface area contributed by atoms with Gasteiger partial charge in [-0.3, -0.25) is 4.79 Å². The van der Waals surface area contributed by atoms with Crippen molar-refractivity contribution < 1.29 is 14.1 Å². The summed E-state index contributed by atoms with van der Waals surface area (Å²) < 4.78 is 7.58. The summed E-state index contributed by atoms with van der Waals surface area (Å²) in [7, 11) is 0. The fourth-order valence-electron chi connectivity index (χ4n) is 4.59. The van der Waals surface area contributed by atoms with E-state index in [1.54, 1.807) is 4.68 Å². The van der Waals surface area contributed by atoms with Crippen molar-refractivity contribution in [1.29, 1.82) is 0 Å². The summed E-state index contributed by atoms with van der Waals surface area (Å²) in [5.74, 6) is 1.14. The highest BCUT2D eigenvalue weighted by Gasteiger charge is 2.31. The maximum atomic E-state index is 12.9. The summed E-state index contributed by atoms with van der Waals surface area (Å²) in [6.07, 6.45) is 6.72. The second-order valence-electron chi connectivity index (χ2n) is 8.89. The number of hydrogen-bond donors (Lipinski definition) is 1. The third-order valence-electron chi connectivity index (χ3n) is 6.69. The van der Waals surface area contributed by atoms with Gasteiger partial charge in [0.2, 0.25) is 11.8 Å². The number of carbonyl (C=O) groups excluding carboxylic acids is 1. The molecule has 2 aromatic rings. The van der Waals surface area contributed by atoms with Crippen LogP contribution in [0.15, 0.2) is 22.6 Å². The summed E-state index contributed by atoms with van der Waals surface area (Å²) in [4.78, 5) is 16.8. The molecule has 1 amide bonds. The van der Waals surface area contributed by atoms with Crippen LogP contribution >= 0.6 is 12.2 Å². The molecule has 0 radical (unpaired) electrons. The molecule has 2 aliphatic heterocycles. The minimum Gasteiger partial charge on any atom is -0.409 e. The molecule has 30 heavy (non-hydrogen) atoms. The van der Waals surface area contributed by atoms with Crippen molar-refractivity contribution in [2.75, 3.05) is 26.2 Å². The smallest absolute Gasteiger partial charge is 0.292 e. The third kappa shape index (κ3) is 4.83. The first-order valence-corrected chi connectivity index (χ1v) is 11.7. The molecule has 2 saturated heterocycles. The van der Waals surface area contributed by atoms with E-state index in [-0.39, 0.29) is 5.92 Å². The standard InChI is InChI=1S/C23H32N4O2S/c1-17-7-8-20(15-18(17)2)21-24-27(23(30)29-21)16-25-13-9-19(10-14-25)22(28)26-11-5-3-4-6-12-26/h7-8,15,19H,3-6,9-14,16H2,1-2H3/p+1. The number of benzene rings is 1. The Hall–Kier alpha value is -1.99. The van der Waals surface area contributed by atoms with Crippen LogP contribution in [-0.2, 0) is 11.5 Å². The highest BCUT2D eigenvalue weighted by atomic mass is 32.1. The fourth-order valence-corrected chi connectivity index (χ4v) is 4.77. The zero-order valence-electron chi connectivity index (χ0n) is 18.2. The van der Waals surface area contributed by atoms with E-state index < -0.39 is 0 Å². The van der Waals surface area contributed by atoms with E-state index in [2.05, 4.69) is 36.0 Å². The molecule has 1 aromatic heterocycles. The molecular formula is C23H33N4O2S+. The number of nitrogens with one attached hydrogen (secondary N) is 1. The Morgan fingerprint density at radius 3 is 2.50 bits per heavy atom. The molecule has 0 aliphatic carbocycles. The number of rotatable bonds is 4. The second-order valence-corrected chi connectivity index (χ2v) is 9.24. The Balaban J connectivity index is 1.35. The number of aryl methyl sites for hydroxylation is 2. The van der Waals surface area contributed by atoms with Crippen LogP contribution in [0.1, 0.15) is 49.7 Å². The summed E-state index contributed by atoms with van der Waals surface area (Å²) in [6.45, 7) is 8.71. The van der Waals surface area contributed by atoms with Gasteiger partial charge in [-0.05, 0) is 62.2 Å². The zero-order valence-corrected chi connectivity index (χ0v) is 19.0. The number of piperidine rings is 1. The van der Waals surface area contributed by atoms with Crippen LogP contribution < -0.4 is 4.90 Å². The van der Waals surface area contributed by atoms with Crippen molar-refractivity contribution in [3.8, 4) is 11.5 Å². The molecule has 162 valence electrons. The first kappa shape index (κ1) is 21.2. The lowest BCUT2D eigenvalue weighted by Crippen LogP contribution is -3.12. The lowest BCUT2D eigenvalue weighted by Gasteiger charge is -2.31. The Morgan fingerprint density at radius 1 is 1.13 bits per heavy atom. The maximum Gasteiger partial charge on any atom is 0.292 e. The first-order chi connectivity index (χ1) is 14.5. The Morgan fingerprint density at radius 2 is 1.83 bits per heavy atom. The molecule has 1 N–H and O–H groups in total. The lowest BCUT2D eigenvalue weighted by molar-refractivity contribution is -0.929. The monoisotopic (exact) mass is 429 g/mol. The summed E-state index contributed by atoms with van der Waals surface area (Å²) in [5, 5.41) is 4.63. The predicted octanol–water partition coefficient (Wildman–Crippen LogP) is 3.14. The van der Waals surface area contributed by atoms with E-state index in [9.17, 15) is 4.79 Å². The summed E-state index contributed by atoms with van der Waals surface area (Å²) in [6, 6.07) is 6.20. The van der Waals surface area contributed by atoms with Crippen molar-refractivity contribution in [2.24, 2.45) is 5.92 Å². The molecule has 0 unspecified atom stereocenters. The average molecular weight is 430 g/mol. The molecule has 1 aromatic carbocycles. The molecule has 4 rings (SSSR count). The van der Waals surface area contributed by atoms with E-state index >= 15 is 0 Å². The van der Waals surface area contributed by atoms with Gasteiger partial charge in [-0.1, -0.05) is 18.9 Å². The molecule has 0 spiro atoms. The zero-order chi connectivity index (χ0) is 21.1. The van der Waals surface area contributed by atoms with Gasteiger partial charge in [-0.2, -0.15) is 4.68 Å². The van der Waals surface area contributed by atoms with E-state index in [0.29, 0.717) is 23.3 Å². The summed E-state index contributed by atoms with van der Waals surface area (Å²) >= 11 is 5.42. The molecule has 0 bridgehead atoms. The first-order valence-electron chi connectivity index (χ1n) is 11.3. The van der Waals surface area contributed by atoms with Crippen LogP contribution in [0.4, 0.5) is 0 Å². The van der Waals surface area contributed by atoms with Crippen LogP contribution in [-0.4, -0.2) is 46.8 Å². The van der Waals surface area contributed by atoms with Gasteiger partial charge < -0.3 is 14.2 Å². The fraction of sp³-hybridized carbons (Fsp3) is 0.609. The molecule has 0 saturated carbocycles. The third-order valence-corrected chi connectivity index (χ3v) is 6.99. The Bertz CT molecular complexity index is 935. The van der Waals surface area contributed by atoms with Gasteiger partial charge in [0.05, 0.1) is 13.1 Å². The number of carbonyl (C=O) groups is 1. The van der Waals surface area contributed by atoms with Crippen molar-refractivity contribution in [2.45, 2.75) is 59.0 Å². The van der Waals surface area contributed by atoms with Crippen LogP contribution in [0.3, 0.4) is 0 Å². The maximum absolute atomic E-state index is 12.9. The molecular weight excluding hydrogens is 396 g/mol. The van der Waals surface area contributed by atoms with Gasteiger partial charge in [0, 0.05) is 37.4 Å². The van der Waals surface area contributed by atoms with Gasteiger partial charge in [-0.25, -0.2) is 0 Å². The molecule has 2 aliphatic rings. The van der Waals surface area contributed by atoms with Crippen molar-refractivity contribution in [1.82, 2.24) is 14.7 Å². The molecule has 2 fully saturated rings. The summed E-state index contributed by atoms with van der Waals surface area (Å²) in [5.41, 5.74) is 3.42. The van der Waals surface area contributed by atoms with Crippen LogP contribution in [0, 0.1) is 24.6 Å². The Kier molecular flexibility index (Phi) is 6.68. The number of aromatic nitrogens is 2. The number of nitrogens with zero attached hydrogens (tertiary/aromatic N) is 3. The minimum atomic E-state index is 0.184. The lowest BCUT2D eigenvalue weighted by atomic mass is 9.95. The SMILES string of the molecule is Cc1ccc(-c2nn(C[NH+]3CCC(C(=O)N4CCCCCC4)CC3)c(=S)o2)cc1C. The van der Waals surface area contributed by atoms with E-state index in [1.807, 2.05) is 6.07 Å². The normalized spacial score (nSPS) is 22.7. The quantitative estimate of drug-likeness (QED) is 0.759. The van der Waals surface area contributed by atoms with Crippen LogP contribution in [0.25, 0.3) is 11.5 Å². The predicted molar refractivity (Wildman–Crippen MR) is 119 cm³/mol. The largest absolute Gasteiger partial charge is 0.409 e. The highest BCUT2D eigenvalue weighted by molar-refractivity contribution is 7.71. The van der Waals surface area contributed by atoms with Crippen molar-refractivity contribution in [3.63, 3.8) is 0 Å². The second kappa shape index (κ2) is 9.43. The van der Waals surface area contributed by atoms with Gasteiger partial charge in [0.15, 0.2) is 6.67 Å². The van der Waals surface area contributed by atoms with Gasteiger partial charge in [0.25, 0.3) is 4.84 Å². The number of likely N-dealkylation sites (tertiary alicyclic amines) is 2. The molecule has 6 nitrogen and oxygen atoms in total. The topological polar surface area (TPSA) is 55.7 Å². The van der Waals surface area contributed by atoms with Crippen molar-refractivity contribution >= 4 is 18.1 Å². The van der Waals surface area contributed by atoms with Crippen LogP contribution in [0.2, 0.25) is 0 Å². The van der Waals surface area contributed by atoms with E-state index in [4.69, 9.17) is 16.6 Å². The highest BCUT2D eigenvalue weighted by Crippen LogP contribution is 2.21. The number of amides is 1. The van der Waals surface area contributed by atoms with Gasteiger partial charge >= 0.3 is 0 Å². The average Bonchev–Trinajstić information content (AvgIpc) is 2.94. The number of hydrogen-bond acceptors (Lipinski definition) is 4. The van der Waals surface area contributed by atoms with Gasteiger partial charge in [-0.15, -0.1) is 5.10 Å². The van der Waals surface area contributed by atoms with Crippen molar-refractivity contribution in [3.05, 3.63) is 34.2 Å². The van der Waals surface area contributed by atoms with E-state index in [1.165, 1.54) is 28.9 Å². The minimum absolute atomic E-state index is 0.184. The number of quaternary nitrogens is 1. The van der Waals surface area contributed by atoms with Gasteiger partial charge in [0.1, 0.15) is 0 Å². The van der Waals surface area contributed by atoms with Crippen LogP contribution in [0.5, 0.6) is 0 Å². The Labute approximate surface area is 183 Å². The molecule has 3 heterocycles.